The molecule has 0 spiro atoms. The normalized spacial score (nSPS) is 10.7. The van der Waals surface area contributed by atoms with Crippen molar-refractivity contribution in [2.75, 3.05) is 5.32 Å². The molecule has 134 valence electrons. The summed E-state index contributed by atoms with van der Waals surface area (Å²) in [6.45, 7) is 0.751. The molecule has 0 radical (unpaired) electrons. The van der Waals surface area contributed by atoms with Crippen LogP contribution < -0.4 is 5.32 Å². The van der Waals surface area contributed by atoms with Gasteiger partial charge in [0.15, 0.2) is 0 Å². The Morgan fingerprint density at radius 2 is 1.85 bits per heavy atom. The van der Waals surface area contributed by atoms with E-state index >= 15 is 0 Å². The summed E-state index contributed by atoms with van der Waals surface area (Å²) < 4.78 is 3.35. The summed E-state index contributed by atoms with van der Waals surface area (Å²) in [6.07, 6.45) is 5.86. The van der Waals surface area contributed by atoms with Crippen molar-refractivity contribution in [3.8, 4) is 5.69 Å². The topological polar surface area (TPSA) is 90.5 Å². The minimum atomic E-state index is -0.194. The summed E-state index contributed by atoms with van der Waals surface area (Å²) in [6, 6.07) is 17.3. The van der Waals surface area contributed by atoms with Gasteiger partial charge in [-0.25, -0.2) is 4.68 Å². The number of rotatable bonds is 6. The monoisotopic (exact) mass is 359 g/mol. The van der Waals surface area contributed by atoms with E-state index in [4.69, 9.17) is 0 Å². The van der Waals surface area contributed by atoms with Crippen LogP contribution in [0.4, 0.5) is 5.69 Å². The number of carbonyl (C=O) groups excluding carboxylic acids is 1. The average molecular weight is 359 g/mol. The van der Waals surface area contributed by atoms with E-state index in [1.807, 2.05) is 29.1 Å². The first-order valence-corrected chi connectivity index (χ1v) is 8.49. The number of tetrazole rings is 1. The fourth-order valence-electron chi connectivity index (χ4n) is 2.69. The van der Waals surface area contributed by atoms with Gasteiger partial charge in [0.2, 0.25) is 0 Å². The number of hydrogen-bond acceptors (Lipinski definition) is 5. The highest BCUT2D eigenvalue weighted by Gasteiger charge is 2.08. The van der Waals surface area contributed by atoms with Crippen molar-refractivity contribution in [2.24, 2.45) is 0 Å². The van der Waals surface area contributed by atoms with Gasteiger partial charge in [-0.2, -0.15) is 5.10 Å². The van der Waals surface area contributed by atoms with E-state index in [1.54, 1.807) is 30.5 Å². The van der Waals surface area contributed by atoms with Crippen molar-refractivity contribution in [1.29, 1.82) is 0 Å². The predicted octanol–water partition coefficient (Wildman–Crippen LogP) is 2.35. The van der Waals surface area contributed by atoms with Gasteiger partial charge < -0.3 is 5.32 Å². The Morgan fingerprint density at radius 3 is 2.59 bits per heavy atom. The van der Waals surface area contributed by atoms with E-state index in [-0.39, 0.29) is 5.91 Å². The molecule has 0 atom stereocenters. The van der Waals surface area contributed by atoms with Crippen LogP contribution in [0.3, 0.4) is 0 Å². The number of nitrogens with one attached hydrogen (secondary N) is 1. The molecule has 2 aromatic heterocycles. The average Bonchev–Trinajstić information content (AvgIpc) is 3.40. The molecule has 27 heavy (non-hydrogen) atoms. The van der Waals surface area contributed by atoms with Gasteiger partial charge in [-0.1, -0.05) is 30.3 Å². The fraction of sp³-hybridized carbons (Fsp3) is 0.105. The highest BCUT2D eigenvalue weighted by molar-refractivity contribution is 6.04. The van der Waals surface area contributed by atoms with E-state index in [1.165, 1.54) is 16.6 Å². The summed E-state index contributed by atoms with van der Waals surface area (Å²) in [7, 11) is 0. The second kappa shape index (κ2) is 7.61. The van der Waals surface area contributed by atoms with Gasteiger partial charge in [0.1, 0.15) is 6.33 Å². The third kappa shape index (κ3) is 4.06. The molecule has 8 heteroatoms. The Labute approximate surface area is 155 Å². The van der Waals surface area contributed by atoms with Crippen molar-refractivity contribution < 1.29 is 4.79 Å². The van der Waals surface area contributed by atoms with Crippen LogP contribution in [0.2, 0.25) is 0 Å². The second-order valence-electron chi connectivity index (χ2n) is 5.98. The van der Waals surface area contributed by atoms with E-state index in [9.17, 15) is 4.79 Å². The number of hydrogen-bond donors (Lipinski definition) is 1. The van der Waals surface area contributed by atoms with Crippen LogP contribution in [0.1, 0.15) is 15.9 Å². The van der Waals surface area contributed by atoms with Crippen molar-refractivity contribution in [1.82, 2.24) is 30.0 Å². The lowest BCUT2D eigenvalue weighted by Crippen LogP contribution is -2.11. The van der Waals surface area contributed by atoms with Gasteiger partial charge in [-0.3, -0.25) is 9.48 Å². The summed E-state index contributed by atoms with van der Waals surface area (Å²) in [5.74, 6) is -0.194. The molecule has 0 saturated carbocycles. The lowest BCUT2D eigenvalue weighted by Gasteiger charge is -2.04. The van der Waals surface area contributed by atoms with E-state index in [0.29, 0.717) is 11.3 Å². The lowest BCUT2D eigenvalue weighted by atomic mass is 10.1. The Morgan fingerprint density at radius 1 is 1.04 bits per heavy atom. The molecule has 0 saturated heterocycles. The predicted molar refractivity (Wildman–Crippen MR) is 99.5 cm³/mol. The molecule has 2 aromatic carbocycles. The number of nitrogens with zero attached hydrogens (tertiary/aromatic N) is 6. The van der Waals surface area contributed by atoms with E-state index in [2.05, 4.69) is 38.1 Å². The van der Waals surface area contributed by atoms with Gasteiger partial charge in [-0.15, -0.1) is 5.10 Å². The zero-order valence-electron chi connectivity index (χ0n) is 14.4. The molecular weight excluding hydrogens is 342 g/mol. The molecule has 0 bridgehead atoms. The molecule has 0 aliphatic rings. The number of anilines is 1. The molecule has 2 heterocycles. The maximum absolute atomic E-state index is 12.4. The van der Waals surface area contributed by atoms with Crippen molar-refractivity contribution in [3.05, 3.63) is 84.4 Å². The first-order chi connectivity index (χ1) is 13.3. The van der Waals surface area contributed by atoms with Gasteiger partial charge in [0, 0.05) is 18.3 Å². The first-order valence-electron chi connectivity index (χ1n) is 8.49. The second-order valence-corrected chi connectivity index (χ2v) is 5.98. The molecule has 1 amide bonds. The number of amides is 1. The van der Waals surface area contributed by atoms with Crippen LogP contribution >= 0.6 is 0 Å². The molecular formula is C19H17N7O. The Kier molecular flexibility index (Phi) is 4.69. The van der Waals surface area contributed by atoms with Crippen LogP contribution in [-0.2, 0) is 13.0 Å². The Hall–Kier alpha value is -3.81. The Balaban J connectivity index is 1.36. The van der Waals surface area contributed by atoms with E-state index in [0.717, 1.165) is 18.7 Å². The summed E-state index contributed by atoms with van der Waals surface area (Å²) in [5.41, 5.74) is 3.24. The number of carbonyl (C=O) groups is 1. The van der Waals surface area contributed by atoms with E-state index < -0.39 is 0 Å². The molecule has 0 fully saturated rings. The molecule has 4 aromatic rings. The minimum absolute atomic E-state index is 0.194. The third-order valence-corrected chi connectivity index (χ3v) is 4.11. The van der Waals surface area contributed by atoms with Crippen molar-refractivity contribution in [3.63, 3.8) is 0 Å². The largest absolute Gasteiger partial charge is 0.319 e. The number of aryl methyl sites for hydroxylation is 2. The van der Waals surface area contributed by atoms with Crippen molar-refractivity contribution in [2.45, 2.75) is 13.0 Å². The SMILES string of the molecule is O=C(Nc1cnn(CCc2ccccc2)c1)c1ccc(-n2cnnn2)cc1. The maximum atomic E-state index is 12.4. The molecule has 4 rings (SSSR count). The van der Waals surface area contributed by atoms with Gasteiger partial charge in [-0.05, 0) is 46.7 Å². The van der Waals surface area contributed by atoms with Gasteiger partial charge in [0.25, 0.3) is 5.91 Å². The van der Waals surface area contributed by atoms with Crippen LogP contribution in [0.5, 0.6) is 0 Å². The summed E-state index contributed by atoms with van der Waals surface area (Å²) in [5, 5.41) is 18.2. The molecule has 0 aliphatic carbocycles. The number of benzene rings is 2. The van der Waals surface area contributed by atoms with Gasteiger partial charge >= 0.3 is 0 Å². The van der Waals surface area contributed by atoms with Crippen LogP contribution in [0, 0.1) is 0 Å². The smallest absolute Gasteiger partial charge is 0.255 e. The standard InChI is InChI=1S/C19H17N7O/c27-19(16-6-8-18(9-7-16)26-14-20-23-24-26)22-17-12-21-25(13-17)11-10-15-4-2-1-3-5-15/h1-9,12-14H,10-11H2,(H,22,27). The minimum Gasteiger partial charge on any atom is -0.319 e. The molecule has 0 unspecified atom stereocenters. The van der Waals surface area contributed by atoms with Crippen LogP contribution in [0.25, 0.3) is 5.69 Å². The van der Waals surface area contributed by atoms with Crippen molar-refractivity contribution >= 4 is 11.6 Å². The lowest BCUT2D eigenvalue weighted by molar-refractivity contribution is 0.102. The zero-order valence-corrected chi connectivity index (χ0v) is 14.4. The number of aromatic nitrogens is 6. The summed E-state index contributed by atoms with van der Waals surface area (Å²) >= 11 is 0. The first kappa shape index (κ1) is 16.6. The molecule has 8 nitrogen and oxygen atoms in total. The maximum Gasteiger partial charge on any atom is 0.255 e. The van der Waals surface area contributed by atoms with Crippen LogP contribution in [-0.4, -0.2) is 35.9 Å². The highest BCUT2D eigenvalue weighted by atomic mass is 16.1. The highest BCUT2D eigenvalue weighted by Crippen LogP contribution is 2.12. The Bertz CT molecular complexity index is 1010. The summed E-state index contributed by atoms with van der Waals surface area (Å²) in [4.78, 5) is 12.4. The van der Waals surface area contributed by atoms with Gasteiger partial charge in [0.05, 0.1) is 17.6 Å². The molecule has 0 aliphatic heterocycles. The molecule has 1 N–H and O–H groups in total. The third-order valence-electron chi connectivity index (χ3n) is 4.11. The quantitative estimate of drug-likeness (QED) is 0.571. The fourth-order valence-corrected chi connectivity index (χ4v) is 2.69. The zero-order chi connectivity index (χ0) is 18.5. The van der Waals surface area contributed by atoms with Crippen LogP contribution in [0.15, 0.2) is 73.3 Å².